The largest absolute Gasteiger partial charge is 0.478 e. The molecule has 0 unspecified atom stereocenters. The zero-order valence-electron chi connectivity index (χ0n) is 12.7. The van der Waals surface area contributed by atoms with Gasteiger partial charge in [0.05, 0.1) is 5.56 Å². The van der Waals surface area contributed by atoms with Gasteiger partial charge < -0.3 is 10.4 Å². The summed E-state index contributed by atoms with van der Waals surface area (Å²) >= 11 is 0. The second kappa shape index (κ2) is 6.74. The second-order valence-electron chi connectivity index (χ2n) is 5.95. The lowest BCUT2D eigenvalue weighted by molar-refractivity contribution is -0.120. The van der Waals surface area contributed by atoms with E-state index in [9.17, 15) is 14.7 Å². The van der Waals surface area contributed by atoms with Crippen LogP contribution >= 0.6 is 0 Å². The van der Waals surface area contributed by atoms with Crippen molar-refractivity contribution in [3.8, 4) is 0 Å². The van der Waals surface area contributed by atoms with Crippen molar-refractivity contribution < 1.29 is 14.7 Å². The van der Waals surface area contributed by atoms with Crippen molar-refractivity contribution in [2.24, 2.45) is 5.92 Å². The fraction of sp³-hybridized carbons (Fsp3) is 0.529. The highest BCUT2D eigenvalue weighted by molar-refractivity contribution is 5.96. The molecule has 0 atom stereocenters. The Morgan fingerprint density at radius 2 is 1.71 bits per heavy atom. The lowest BCUT2D eigenvalue weighted by atomic mass is 9.98. The number of benzene rings is 1. The highest BCUT2D eigenvalue weighted by atomic mass is 16.4. The van der Waals surface area contributed by atoms with Gasteiger partial charge >= 0.3 is 5.97 Å². The minimum absolute atomic E-state index is 0.0245. The molecule has 1 saturated carbocycles. The summed E-state index contributed by atoms with van der Waals surface area (Å²) in [5.41, 5.74) is 2.47. The summed E-state index contributed by atoms with van der Waals surface area (Å²) < 4.78 is 0. The van der Waals surface area contributed by atoms with E-state index in [1.807, 2.05) is 13.0 Å². The summed E-state index contributed by atoms with van der Waals surface area (Å²) in [6, 6.07) is 3.40. The number of amides is 1. The maximum atomic E-state index is 12.3. The number of hydrogen-bond donors (Lipinski definition) is 2. The third-order valence-corrected chi connectivity index (χ3v) is 4.39. The van der Waals surface area contributed by atoms with Gasteiger partial charge in [-0.1, -0.05) is 25.7 Å². The topological polar surface area (TPSA) is 66.4 Å². The summed E-state index contributed by atoms with van der Waals surface area (Å²) in [5, 5.41) is 12.1. The van der Waals surface area contributed by atoms with Crippen LogP contribution in [0.3, 0.4) is 0 Å². The molecule has 0 spiro atoms. The minimum Gasteiger partial charge on any atom is -0.478 e. The Morgan fingerprint density at radius 3 is 2.29 bits per heavy atom. The van der Waals surface area contributed by atoms with E-state index in [2.05, 4.69) is 5.32 Å². The van der Waals surface area contributed by atoms with Gasteiger partial charge in [-0.05, 0) is 49.9 Å². The Hall–Kier alpha value is -1.84. The number of anilines is 1. The summed E-state index contributed by atoms with van der Waals surface area (Å²) in [4.78, 5) is 23.6. The number of aromatic carboxylic acids is 1. The first kappa shape index (κ1) is 15.5. The third-order valence-electron chi connectivity index (χ3n) is 4.39. The smallest absolute Gasteiger partial charge is 0.336 e. The molecule has 1 aromatic carbocycles. The molecule has 0 heterocycles. The van der Waals surface area contributed by atoms with Crippen molar-refractivity contribution in [2.45, 2.75) is 52.4 Å². The number of carbonyl (C=O) groups excluding carboxylic acids is 1. The van der Waals surface area contributed by atoms with Gasteiger partial charge in [0.25, 0.3) is 0 Å². The molecule has 2 rings (SSSR count). The molecule has 1 amide bonds. The van der Waals surface area contributed by atoms with Crippen LogP contribution in [-0.2, 0) is 4.79 Å². The quantitative estimate of drug-likeness (QED) is 0.829. The van der Waals surface area contributed by atoms with Crippen LogP contribution in [0.25, 0.3) is 0 Å². The summed E-state index contributed by atoms with van der Waals surface area (Å²) in [5.74, 6) is -0.875. The fourth-order valence-corrected chi connectivity index (χ4v) is 2.94. The molecular weight excluding hydrogens is 266 g/mol. The molecule has 4 heteroatoms. The van der Waals surface area contributed by atoms with E-state index < -0.39 is 5.97 Å². The Balaban J connectivity index is 2.15. The van der Waals surface area contributed by atoms with Gasteiger partial charge in [-0.15, -0.1) is 0 Å². The van der Waals surface area contributed by atoms with Crippen molar-refractivity contribution in [3.05, 3.63) is 28.8 Å². The van der Waals surface area contributed by atoms with Crippen LogP contribution in [0.15, 0.2) is 12.1 Å². The Bertz CT molecular complexity index is 543. The van der Waals surface area contributed by atoms with E-state index in [0.717, 1.165) is 36.8 Å². The Kier molecular flexibility index (Phi) is 4.99. The summed E-state index contributed by atoms with van der Waals surface area (Å²) in [6.45, 7) is 3.65. The summed E-state index contributed by atoms with van der Waals surface area (Å²) in [6.07, 6.45) is 6.48. The lowest BCUT2D eigenvalue weighted by Crippen LogP contribution is -2.22. The molecule has 0 radical (unpaired) electrons. The van der Waals surface area contributed by atoms with E-state index >= 15 is 0 Å². The van der Waals surface area contributed by atoms with Crippen molar-refractivity contribution in [1.29, 1.82) is 0 Å². The first-order chi connectivity index (χ1) is 9.99. The Labute approximate surface area is 125 Å². The van der Waals surface area contributed by atoms with Crippen molar-refractivity contribution in [2.75, 3.05) is 5.32 Å². The molecule has 114 valence electrons. The monoisotopic (exact) mass is 289 g/mol. The average Bonchev–Trinajstić information content (AvgIpc) is 2.71. The zero-order valence-corrected chi connectivity index (χ0v) is 12.7. The van der Waals surface area contributed by atoms with Gasteiger partial charge in [-0.3, -0.25) is 4.79 Å². The molecule has 1 aliphatic rings. The first-order valence-electron chi connectivity index (χ1n) is 7.64. The van der Waals surface area contributed by atoms with E-state index in [-0.39, 0.29) is 17.4 Å². The van der Waals surface area contributed by atoms with Crippen molar-refractivity contribution >= 4 is 17.6 Å². The van der Waals surface area contributed by atoms with Crippen LogP contribution < -0.4 is 5.32 Å². The van der Waals surface area contributed by atoms with E-state index in [0.29, 0.717) is 5.69 Å². The molecule has 1 fully saturated rings. The van der Waals surface area contributed by atoms with Crippen LogP contribution in [0.4, 0.5) is 5.69 Å². The predicted octanol–water partition coefficient (Wildman–Crippen LogP) is 3.91. The van der Waals surface area contributed by atoms with Gasteiger partial charge in [-0.25, -0.2) is 4.79 Å². The number of carbonyl (C=O) groups is 2. The summed E-state index contributed by atoms with van der Waals surface area (Å²) in [7, 11) is 0. The molecule has 4 nitrogen and oxygen atoms in total. The third kappa shape index (κ3) is 3.84. The van der Waals surface area contributed by atoms with Gasteiger partial charge in [-0.2, -0.15) is 0 Å². The zero-order chi connectivity index (χ0) is 15.4. The average molecular weight is 289 g/mol. The SMILES string of the molecule is Cc1cc(NC(=O)C2CCCCCC2)cc(C(=O)O)c1C. The van der Waals surface area contributed by atoms with Crippen LogP contribution in [0.5, 0.6) is 0 Å². The molecule has 1 aromatic rings. The normalized spacial score (nSPS) is 16.3. The first-order valence-corrected chi connectivity index (χ1v) is 7.64. The van der Waals surface area contributed by atoms with Crippen LogP contribution in [-0.4, -0.2) is 17.0 Å². The lowest BCUT2D eigenvalue weighted by Gasteiger charge is -2.16. The molecule has 0 aromatic heterocycles. The van der Waals surface area contributed by atoms with Crippen molar-refractivity contribution in [1.82, 2.24) is 0 Å². The van der Waals surface area contributed by atoms with Gasteiger partial charge in [0, 0.05) is 11.6 Å². The molecule has 0 saturated heterocycles. The molecule has 1 aliphatic carbocycles. The fourth-order valence-electron chi connectivity index (χ4n) is 2.94. The number of aryl methyl sites for hydroxylation is 1. The molecule has 0 bridgehead atoms. The van der Waals surface area contributed by atoms with Crippen molar-refractivity contribution in [3.63, 3.8) is 0 Å². The molecular formula is C17H23NO3. The number of carboxylic acids is 1. The maximum Gasteiger partial charge on any atom is 0.336 e. The van der Waals surface area contributed by atoms with Gasteiger partial charge in [0.2, 0.25) is 5.91 Å². The van der Waals surface area contributed by atoms with E-state index in [4.69, 9.17) is 0 Å². The van der Waals surface area contributed by atoms with Crippen LogP contribution in [0.1, 0.15) is 60.0 Å². The number of carboxylic acid groups (broad SMARTS) is 1. The highest BCUT2D eigenvalue weighted by Gasteiger charge is 2.21. The van der Waals surface area contributed by atoms with Gasteiger partial charge in [0.1, 0.15) is 0 Å². The molecule has 2 N–H and O–H groups in total. The number of nitrogens with one attached hydrogen (secondary N) is 1. The van der Waals surface area contributed by atoms with Gasteiger partial charge in [0.15, 0.2) is 0 Å². The molecule has 21 heavy (non-hydrogen) atoms. The van der Waals surface area contributed by atoms with Crippen LogP contribution in [0.2, 0.25) is 0 Å². The number of hydrogen-bond acceptors (Lipinski definition) is 2. The van der Waals surface area contributed by atoms with E-state index in [1.165, 1.54) is 12.8 Å². The standard InChI is InChI=1S/C17H23NO3/c1-11-9-14(10-15(12(11)2)17(20)21)18-16(19)13-7-5-3-4-6-8-13/h9-10,13H,3-8H2,1-2H3,(H,18,19)(H,20,21). The number of rotatable bonds is 3. The minimum atomic E-state index is -0.957. The predicted molar refractivity (Wildman–Crippen MR) is 82.7 cm³/mol. The Morgan fingerprint density at radius 1 is 1.10 bits per heavy atom. The van der Waals surface area contributed by atoms with E-state index in [1.54, 1.807) is 13.0 Å². The molecule has 0 aliphatic heterocycles. The maximum absolute atomic E-state index is 12.3. The highest BCUT2D eigenvalue weighted by Crippen LogP contribution is 2.25. The second-order valence-corrected chi connectivity index (χ2v) is 5.95. The van der Waals surface area contributed by atoms with Crippen LogP contribution in [0, 0.1) is 19.8 Å².